The Hall–Kier alpha value is -2.29. The quantitative estimate of drug-likeness (QED) is 0.564. The van der Waals surface area contributed by atoms with Crippen LogP contribution in [0.3, 0.4) is 0 Å². The molecule has 0 bridgehead atoms. The maximum atomic E-state index is 12.6. The summed E-state index contributed by atoms with van der Waals surface area (Å²) in [7, 11) is -1.84. The van der Waals surface area contributed by atoms with Gasteiger partial charge in [0, 0.05) is 25.2 Å². The number of hydrogen-bond donors (Lipinski definition) is 1. The van der Waals surface area contributed by atoms with Crippen LogP contribution < -0.4 is 4.72 Å². The fourth-order valence-electron chi connectivity index (χ4n) is 2.51. The number of nitro benzene ring substituents is 1. The molecule has 0 aliphatic heterocycles. The zero-order chi connectivity index (χ0) is 19.3. The van der Waals surface area contributed by atoms with E-state index in [4.69, 9.17) is 0 Å². The molecule has 140 valence electrons. The molecule has 0 atom stereocenters. The first kappa shape index (κ1) is 20.0. The lowest BCUT2D eigenvalue weighted by molar-refractivity contribution is -0.385. The van der Waals surface area contributed by atoms with E-state index in [1.165, 1.54) is 12.1 Å². The van der Waals surface area contributed by atoms with Crippen molar-refractivity contribution in [2.24, 2.45) is 0 Å². The van der Waals surface area contributed by atoms with Crippen LogP contribution in [0.5, 0.6) is 0 Å². The summed E-state index contributed by atoms with van der Waals surface area (Å²) < 4.78 is 27.7. The molecule has 0 amide bonds. The predicted molar refractivity (Wildman–Crippen MR) is 100 cm³/mol. The topological polar surface area (TPSA) is 92.6 Å². The number of nitrogens with zero attached hydrogens (tertiary/aromatic N) is 2. The molecule has 2 aromatic rings. The number of nitro groups is 1. The Morgan fingerprint density at radius 2 is 1.85 bits per heavy atom. The minimum atomic E-state index is -3.85. The van der Waals surface area contributed by atoms with Gasteiger partial charge in [0.15, 0.2) is 0 Å². The van der Waals surface area contributed by atoms with Gasteiger partial charge in [-0.3, -0.25) is 10.1 Å². The number of rotatable bonds is 8. The van der Waals surface area contributed by atoms with Gasteiger partial charge in [0.1, 0.15) is 0 Å². The molecule has 0 saturated carbocycles. The number of sulfonamides is 1. The van der Waals surface area contributed by atoms with Gasteiger partial charge in [-0.1, -0.05) is 37.3 Å². The molecule has 0 aromatic heterocycles. The molecule has 2 rings (SSSR count). The monoisotopic (exact) mass is 377 g/mol. The molecule has 0 saturated heterocycles. The average Bonchev–Trinajstić information content (AvgIpc) is 2.60. The van der Waals surface area contributed by atoms with Crippen LogP contribution in [0.25, 0.3) is 0 Å². The van der Waals surface area contributed by atoms with Crippen LogP contribution in [0.1, 0.15) is 23.6 Å². The van der Waals surface area contributed by atoms with Gasteiger partial charge in [-0.05, 0) is 37.2 Å². The van der Waals surface area contributed by atoms with Crippen molar-refractivity contribution >= 4 is 15.7 Å². The third kappa shape index (κ3) is 5.10. The molecule has 1 N–H and O–H groups in total. The SMILES string of the molecule is CCN(C)Cc1cccc(CNS(=O)(=O)c2cc([N+](=O)[O-])ccc2C)c1. The van der Waals surface area contributed by atoms with E-state index in [9.17, 15) is 18.5 Å². The van der Waals surface area contributed by atoms with Crippen molar-refractivity contribution in [1.29, 1.82) is 0 Å². The largest absolute Gasteiger partial charge is 0.302 e. The zero-order valence-corrected chi connectivity index (χ0v) is 15.9. The minimum absolute atomic E-state index is 0.0754. The number of non-ortho nitro benzene ring substituents is 1. The summed E-state index contributed by atoms with van der Waals surface area (Å²) in [6, 6.07) is 11.5. The highest BCUT2D eigenvalue weighted by Gasteiger charge is 2.20. The van der Waals surface area contributed by atoms with Gasteiger partial charge in [-0.25, -0.2) is 13.1 Å². The van der Waals surface area contributed by atoms with Gasteiger partial charge < -0.3 is 4.90 Å². The van der Waals surface area contributed by atoms with Crippen LogP contribution in [0.2, 0.25) is 0 Å². The summed E-state index contributed by atoms with van der Waals surface area (Å²) in [5.41, 5.74) is 2.14. The molecule has 0 fully saturated rings. The van der Waals surface area contributed by atoms with E-state index >= 15 is 0 Å². The molecule has 2 aromatic carbocycles. The van der Waals surface area contributed by atoms with E-state index in [-0.39, 0.29) is 17.1 Å². The van der Waals surface area contributed by atoms with Crippen LogP contribution in [-0.2, 0) is 23.1 Å². The molecule has 0 unspecified atom stereocenters. The highest BCUT2D eigenvalue weighted by molar-refractivity contribution is 7.89. The second kappa shape index (κ2) is 8.39. The lowest BCUT2D eigenvalue weighted by atomic mass is 10.1. The molecule has 0 aliphatic rings. The molecule has 7 nitrogen and oxygen atoms in total. The molecule has 0 aliphatic carbocycles. The third-order valence-corrected chi connectivity index (χ3v) is 5.67. The van der Waals surface area contributed by atoms with E-state index in [0.717, 1.165) is 30.3 Å². The van der Waals surface area contributed by atoms with Gasteiger partial charge in [0.2, 0.25) is 10.0 Å². The van der Waals surface area contributed by atoms with Crippen LogP contribution in [-0.4, -0.2) is 31.8 Å². The first-order valence-corrected chi connectivity index (χ1v) is 9.72. The molecule has 26 heavy (non-hydrogen) atoms. The van der Waals surface area contributed by atoms with Crippen LogP contribution in [0.15, 0.2) is 47.4 Å². The van der Waals surface area contributed by atoms with Gasteiger partial charge in [0.25, 0.3) is 5.69 Å². The fraction of sp³-hybridized carbons (Fsp3) is 0.333. The second-order valence-electron chi connectivity index (χ2n) is 6.18. The summed E-state index contributed by atoms with van der Waals surface area (Å²) in [4.78, 5) is 12.4. The molecule has 0 spiro atoms. The maximum absolute atomic E-state index is 12.6. The van der Waals surface area contributed by atoms with E-state index in [1.54, 1.807) is 6.92 Å². The standard InChI is InChI=1S/C18H23N3O4S/c1-4-20(3)13-16-7-5-6-15(10-16)12-19-26(24,25)18-11-17(21(22)23)9-8-14(18)2/h5-11,19H,4,12-13H2,1-3H3. The van der Waals surface area contributed by atoms with Crippen molar-refractivity contribution < 1.29 is 13.3 Å². The number of aryl methyl sites for hydroxylation is 1. The van der Waals surface area contributed by atoms with Crippen molar-refractivity contribution in [3.63, 3.8) is 0 Å². The fourth-order valence-corrected chi connectivity index (χ4v) is 3.79. The number of nitrogens with one attached hydrogen (secondary N) is 1. The molecule has 0 heterocycles. The second-order valence-corrected chi connectivity index (χ2v) is 7.92. The van der Waals surface area contributed by atoms with Crippen molar-refractivity contribution in [3.8, 4) is 0 Å². The van der Waals surface area contributed by atoms with Gasteiger partial charge in [-0.15, -0.1) is 0 Å². The predicted octanol–water partition coefficient (Wildman–Crippen LogP) is 2.83. The number of benzene rings is 2. The van der Waals surface area contributed by atoms with Crippen molar-refractivity contribution in [1.82, 2.24) is 9.62 Å². The van der Waals surface area contributed by atoms with E-state index in [1.807, 2.05) is 31.3 Å². The Kier molecular flexibility index (Phi) is 6.47. The summed E-state index contributed by atoms with van der Waals surface area (Å²) in [6.45, 7) is 5.50. The number of hydrogen-bond acceptors (Lipinski definition) is 5. The maximum Gasteiger partial charge on any atom is 0.270 e. The van der Waals surface area contributed by atoms with Crippen molar-refractivity contribution in [2.45, 2.75) is 31.8 Å². The molecular weight excluding hydrogens is 354 g/mol. The highest BCUT2D eigenvalue weighted by atomic mass is 32.2. The Morgan fingerprint density at radius 3 is 2.50 bits per heavy atom. The summed E-state index contributed by atoms with van der Waals surface area (Å²) >= 11 is 0. The van der Waals surface area contributed by atoms with Gasteiger partial charge >= 0.3 is 0 Å². The average molecular weight is 377 g/mol. The molecular formula is C18H23N3O4S. The van der Waals surface area contributed by atoms with E-state index in [2.05, 4.69) is 16.5 Å². The Morgan fingerprint density at radius 1 is 1.15 bits per heavy atom. The lowest BCUT2D eigenvalue weighted by Crippen LogP contribution is -2.24. The smallest absolute Gasteiger partial charge is 0.270 e. The highest BCUT2D eigenvalue weighted by Crippen LogP contribution is 2.22. The van der Waals surface area contributed by atoms with Crippen LogP contribution >= 0.6 is 0 Å². The summed E-state index contributed by atoms with van der Waals surface area (Å²) in [5, 5.41) is 10.9. The van der Waals surface area contributed by atoms with Crippen LogP contribution in [0, 0.1) is 17.0 Å². The summed E-state index contributed by atoms with van der Waals surface area (Å²) in [5.74, 6) is 0. The normalized spacial score (nSPS) is 11.7. The van der Waals surface area contributed by atoms with E-state index < -0.39 is 14.9 Å². The van der Waals surface area contributed by atoms with Crippen LogP contribution in [0.4, 0.5) is 5.69 Å². The zero-order valence-electron chi connectivity index (χ0n) is 15.1. The molecule has 0 radical (unpaired) electrons. The minimum Gasteiger partial charge on any atom is -0.302 e. The first-order valence-electron chi connectivity index (χ1n) is 8.24. The van der Waals surface area contributed by atoms with Crippen molar-refractivity contribution in [2.75, 3.05) is 13.6 Å². The third-order valence-electron chi connectivity index (χ3n) is 4.12. The Labute approximate surface area is 153 Å². The molecule has 8 heteroatoms. The van der Waals surface area contributed by atoms with Gasteiger partial charge in [0.05, 0.1) is 9.82 Å². The van der Waals surface area contributed by atoms with Crippen molar-refractivity contribution in [3.05, 3.63) is 69.3 Å². The summed E-state index contributed by atoms with van der Waals surface area (Å²) in [6.07, 6.45) is 0. The van der Waals surface area contributed by atoms with E-state index in [0.29, 0.717) is 5.56 Å². The first-order chi connectivity index (χ1) is 12.2. The lowest BCUT2D eigenvalue weighted by Gasteiger charge is -2.15. The van der Waals surface area contributed by atoms with Gasteiger partial charge in [-0.2, -0.15) is 0 Å². The Balaban J connectivity index is 2.17. The Bertz CT molecular complexity index is 897.